The maximum atomic E-state index is 13.0. The second-order valence-electron chi connectivity index (χ2n) is 7.15. The van der Waals surface area contributed by atoms with E-state index in [1.807, 2.05) is 37.3 Å². The van der Waals surface area contributed by atoms with E-state index in [9.17, 15) is 19.2 Å². The molecule has 30 heavy (non-hydrogen) atoms. The molecule has 1 aromatic heterocycles. The monoisotopic (exact) mass is 416 g/mol. The number of nitrogen functional groups attached to an aromatic ring is 1. The minimum atomic E-state index is -0.733. The number of nitrogens with two attached hydrogens (primary N) is 1. The summed E-state index contributed by atoms with van der Waals surface area (Å²) >= 11 is 0. The third-order valence-corrected chi connectivity index (χ3v) is 5.00. The maximum absolute atomic E-state index is 13.0. The highest BCUT2D eigenvalue weighted by atomic mass is 16.5. The number of ketones is 1. The Morgan fingerprint density at radius 2 is 1.83 bits per heavy atom. The van der Waals surface area contributed by atoms with Gasteiger partial charge in [0.1, 0.15) is 11.4 Å². The van der Waals surface area contributed by atoms with Crippen molar-refractivity contribution < 1.29 is 14.3 Å². The van der Waals surface area contributed by atoms with Gasteiger partial charge in [-0.25, -0.2) is 4.79 Å². The molecule has 1 atom stereocenters. The maximum Gasteiger partial charge on any atom is 0.332 e. The molecule has 1 heterocycles. The molecule has 0 saturated carbocycles. The first-order valence-corrected chi connectivity index (χ1v) is 9.67. The summed E-state index contributed by atoms with van der Waals surface area (Å²) in [5, 5.41) is 0. The molecule has 0 aliphatic rings. The largest absolute Gasteiger partial charge is 0.469 e. The molecule has 2 N–H and O–H groups in total. The second kappa shape index (κ2) is 10.0. The highest BCUT2D eigenvalue weighted by molar-refractivity contribution is 6.01. The first-order valence-electron chi connectivity index (χ1n) is 9.67. The number of hydrogen-bond donors (Lipinski definition) is 1. The predicted octanol–water partition coefficient (Wildman–Crippen LogP) is 0.491. The lowest BCUT2D eigenvalue weighted by Gasteiger charge is -2.23. The molecule has 0 aliphatic heterocycles. The van der Waals surface area contributed by atoms with Gasteiger partial charge >= 0.3 is 11.7 Å². The summed E-state index contributed by atoms with van der Waals surface area (Å²) in [7, 11) is 2.62. The molecule has 9 nitrogen and oxygen atoms in total. The van der Waals surface area contributed by atoms with E-state index in [2.05, 4.69) is 0 Å². The predicted molar refractivity (Wildman–Crippen MR) is 114 cm³/mol. The minimum Gasteiger partial charge on any atom is -0.469 e. The summed E-state index contributed by atoms with van der Waals surface area (Å²) in [6, 6.07) is 9.15. The van der Waals surface area contributed by atoms with Gasteiger partial charge in [-0.3, -0.25) is 28.4 Å². The van der Waals surface area contributed by atoms with Crippen molar-refractivity contribution in [3.63, 3.8) is 0 Å². The lowest BCUT2D eigenvalue weighted by Crippen LogP contribution is -2.44. The number of Topliss-reactive ketones (excluding diaryl/α,β-unsaturated/α-hetero) is 1. The van der Waals surface area contributed by atoms with E-state index in [0.717, 1.165) is 10.1 Å². The van der Waals surface area contributed by atoms with Crippen molar-refractivity contribution in [2.24, 2.45) is 13.0 Å². The number of rotatable bonds is 9. The van der Waals surface area contributed by atoms with Crippen LogP contribution in [0.2, 0.25) is 0 Å². The second-order valence-corrected chi connectivity index (χ2v) is 7.15. The quantitative estimate of drug-likeness (QED) is 0.467. The van der Waals surface area contributed by atoms with Crippen LogP contribution in [0.5, 0.6) is 0 Å². The zero-order valence-electron chi connectivity index (χ0n) is 17.8. The molecule has 1 aromatic carbocycles. The molecular weight excluding hydrogens is 388 g/mol. The molecule has 0 aliphatic carbocycles. The lowest BCUT2D eigenvalue weighted by atomic mass is 10.1. The van der Waals surface area contributed by atoms with E-state index in [-0.39, 0.29) is 30.4 Å². The smallest absolute Gasteiger partial charge is 0.332 e. The van der Waals surface area contributed by atoms with Crippen molar-refractivity contribution in [1.29, 1.82) is 0 Å². The Kier molecular flexibility index (Phi) is 7.71. The lowest BCUT2D eigenvalue weighted by molar-refractivity contribution is -0.145. The highest BCUT2D eigenvalue weighted by Gasteiger charge is 2.25. The van der Waals surface area contributed by atoms with Crippen molar-refractivity contribution >= 4 is 17.6 Å². The Labute approximate surface area is 174 Å². The number of carbonyl (C=O) groups is 2. The van der Waals surface area contributed by atoms with Crippen LogP contribution in [0.15, 0.2) is 39.9 Å². The Morgan fingerprint density at radius 3 is 2.40 bits per heavy atom. The normalized spacial score (nSPS) is 12.0. The number of nitrogens with zero attached hydrogens (tertiary/aromatic N) is 3. The van der Waals surface area contributed by atoms with E-state index < -0.39 is 23.0 Å². The first kappa shape index (κ1) is 23.1. The van der Waals surface area contributed by atoms with Crippen molar-refractivity contribution in [2.45, 2.75) is 20.4 Å². The van der Waals surface area contributed by atoms with Crippen LogP contribution in [0.3, 0.4) is 0 Å². The van der Waals surface area contributed by atoms with E-state index >= 15 is 0 Å². The molecule has 0 radical (unpaired) electrons. The van der Waals surface area contributed by atoms with E-state index in [1.165, 1.54) is 18.7 Å². The van der Waals surface area contributed by atoms with Crippen molar-refractivity contribution in [3.8, 4) is 0 Å². The van der Waals surface area contributed by atoms with Crippen LogP contribution in [0.25, 0.3) is 0 Å². The summed E-state index contributed by atoms with van der Waals surface area (Å²) in [4.78, 5) is 51.6. The van der Waals surface area contributed by atoms with Gasteiger partial charge in [0.2, 0.25) is 0 Å². The zero-order valence-corrected chi connectivity index (χ0v) is 17.8. The number of ether oxygens (including phenoxy) is 1. The van der Waals surface area contributed by atoms with Crippen molar-refractivity contribution in [1.82, 2.24) is 14.0 Å². The Hall–Kier alpha value is -3.20. The van der Waals surface area contributed by atoms with Crippen molar-refractivity contribution in [3.05, 3.63) is 62.3 Å². The number of esters is 1. The molecule has 0 spiro atoms. The molecule has 2 rings (SSSR count). The number of carbonyl (C=O) groups excluding carboxylic acids is 2. The van der Waals surface area contributed by atoms with Crippen LogP contribution in [0.1, 0.15) is 29.8 Å². The molecule has 2 aromatic rings. The van der Waals surface area contributed by atoms with E-state index in [0.29, 0.717) is 13.1 Å². The van der Waals surface area contributed by atoms with Crippen LogP contribution < -0.4 is 17.0 Å². The zero-order chi connectivity index (χ0) is 22.4. The molecule has 9 heteroatoms. The summed E-state index contributed by atoms with van der Waals surface area (Å²) in [5.41, 5.74) is 5.39. The molecule has 0 fully saturated rings. The summed E-state index contributed by atoms with van der Waals surface area (Å²) < 4.78 is 6.83. The topological polar surface area (TPSA) is 117 Å². The molecule has 162 valence electrons. The Bertz CT molecular complexity index is 1030. The SMILES string of the molecule is CCN(CC(=O)c1c(N)n(Cc2ccccc2)c(=O)n(C)c1=O)CC(C)C(=O)OC. The number of benzene rings is 1. The minimum absolute atomic E-state index is 0.110. The van der Waals surface area contributed by atoms with Crippen LogP contribution >= 0.6 is 0 Å². The van der Waals surface area contributed by atoms with E-state index in [4.69, 9.17) is 10.5 Å². The van der Waals surface area contributed by atoms with Gasteiger partial charge in [0, 0.05) is 13.6 Å². The first-order chi connectivity index (χ1) is 14.2. The fourth-order valence-electron chi connectivity index (χ4n) is 3.21. The van der Waals surface area contributed by atoms with Crippen LogP contribution in [0.4, 0.5) is 5.82 Å². The Balaban J connectivity index is 2.38. The summed E-state index contributed by atoms with van der Waals surface area (Å²) in [6.45, 7) is 4.34. The number of methoxy groups -OCH3 is 1. The molecule has 0 bridgehead atoms. The third-order valence-electron chi connectivity index (χ3n) is 5.00. The van der Waals surface area contributed by atoms with Gasteiger partial charge in [-0.15, -0.1) is 0 Å². The number of aromatic nitrogens is 2. The average Bonchev–Trinajstić information content (AvgIpc) is 2.74. The van der Waals surface area contributed by atoms with Crippen LogP contribution in [-0.4, -0.2) is 52.5 Å². The van der Waals surface area contributed by atoms with Gasteiger partial charge in [-0.2, -0.15) is 0 Å². The fourth-order valence-corrected chi connectivity index (χ4v) is 3.21. The van der Waals surface area contributed by atoms with E-state index in [1.54, 1.807) is 11.8 Å². The fraction of sp³-hybridized carbons (Fsp3) is 0.429. The standard InChI is InChI=1S/C21H28N4O5/c1-5-24(11-14(2)20(28)30-4)13-16(26)17-18(22)25(21(29)23(3)19(17)27)12-15-9-7-6-8-10-15/h6-10,14H,5,11-13,22H2,1-4H3. The summed E-state index contributed by atoms with van der Waals surface area (Å²) in [6.07, 6.45) is 0. The number of hydrogen-bond acceptors (Lipinski definition) is 7. The van der Waals surface area contributed by atoms with Gasteiger partial charge in [0.25, 0.3) is 5.56 Å². The molecular formula is C21H28N4O5. The molecule has 0 saturated heterocycles. The molecule has 0 amide bonds. The van der Waals surface area contributed by atoms with Gasteiger partial charge < -0.3 is 10.5 Å². The van der Waals surface area contributed by atoms with Crippen molar-refractivity contribution in [2.75, 3.05) is 32.5 Å². The van der Waals surface area contributed by atoms with Crippen LogP contribution in [0, 0.1) is 5.92 Å². The van der Waals surface area contributed by atoms with Gasteiger partial charge in [0.05, 0.1) is 26.1 Å². The number of likely N-dealkylation sites (N-methyl/N-ethyl adjacent to an activating group) is 1. The van der Waals surface area contributed by atoms with Gasteiger partial charge in [-0.1, -0.05) is 44.2 Å². The van der Waals surface area contributed by atoms with Gasteiger partial charge in [0.15, 0.2) is 5.78 Å². The average molecular weight is 416 g/mol. The Morgan fingerprint density at radius 1 is 1.20 bits per heavy atom. The summed E-state index contributed by atoms with van der Waals surface area (Å²) in [5.74, 6) is -1.48. The highest BCUT2D eigenvalue weighted by Crippen LogP contribution is 2.11. The number of anilines is 1. The molecule has 1 unspecified atom stereocenters. The third kappa shape index (κ3) is 5.04. The van der Waals surface area contributed by atoms with Gasteiger partial charge in [-0.05, 0) is 12.1 Å². The van der Waals surface area contributed by atoms with Crippen LogP contribution in [-0.2, 0) is 23.1 Å².